The van der Waals surface area contributed by atoms with Crippen LogP contribution in [0.25, 0.3) is 6.08 Å². The lowest BCUT2D eigenvalue weighted by Crippen LogP contribution is -2.28. The van der Waals surface area contributed by atoms with Gasteiger partial charge in [-0.2, -0.15) is 0 Å². The minimum atomic E-state index is -1.59. The molecule has 0 fully saturated rings. The fourth-order valence-corrected chi connectivity index (χ4v) is 1.44. The molecular weight excluding hydrogens is 302 g/mol. The third kappa shape index (κ3) is 4.77. The molecule has 1 aromatic carbocycles. The van der Waals surface area contributed by atoms with Crippen LogP contribution in [0, 0.1) is 10.1 Å². The van der Waals surface area contributed by atoms with E-state index in [0.29, 0.717) is 0 Å². The lowest BCUT2D eigenvalue weighted by atomic mass is 10.1. The molecule has 2 atom stereocenters. The van der Waals surface area contributed by atoms with Gasteiger partial charge in [-0.15, -0.1) is 0 Å². The van der Waals surface area contributed by atoms with E-state index in [4.69, 9.17) is 0 Å². The third-order valence-corrected chi connectivity index (χ3v) is 3.10. The van der Waals surface area contributed by atoms with Gasteiger partial charge in [0.2, 0.25) is 0 Å². The van der Waals surface area contributed by atoms with Gasteiger partial charge in [-0.05, 0) is 27.6 Å². The van der Waals surface area contributed by atoms with E-state index < -0.39 is 28.2 Å². The van der Waals surface area contributed by atoms with Gasteiger partial charge in [0, 0.05) is 11.3 Å². The van der Waals surface area contributed by atoms with Crippen LogP contribution in [0.3, 0.4) is 0 Å². The van der Waals surface area contributed by atoms with E-state index in [2.05, 4.69) is 15.9 Å². The van der Waals surface area contributed by atoms with Crippen LogP contribution in [0.4, 0.5) is 0 Å². The maximum Gasteiger partial charge on any atom is 0.295 e. The Bertz CT molecular complexity index is 447. The first kappa shape index (κ1) is 14.5. The Morgan fingerprint density at radius 2 is 2.00 bits per heavy atom. The molecular formula is C12H11BrNO4. The van der Waals surface area contributed by atoms with Crippen LogP contribution in [0.15, 0.2) is 36.4 Å². The smallest absolute Gasteiger partial charge is 0.295 e. The molecule has 1 rings (SSSR count). The van der Waals surface area contributed by atoms with E-state index in [1.54, 1.807) is 6.08 Å². The molecule has 0 N–H and O–H groups in total. The van der Waals surface area contributed by atoms with E-state index in [1.165, 1.54) is 6.08 Å². The summed E-state index contributed by atoms with van der Waals surface area (Å²) >= 11 is 2.64. The molecule has 1 radical (unpaired) electrons. The first-order chi connectivity index (χ1) is 8.50. The number of alkyl halides is 1. The van der Waals surface area contributed by atoms with Gasteiger partial charge in [0.15, 0.2) is 11.9 Å². The van der Waals surface area contributed by atoms with Crippen LogP contribution in [-0.2, 0) is 9.90 Å². The zero-order chi connectivity index (χ0) is 13.5. The zero-order valence-electron chi connectivity index (χ0n) is 9.36. The number of benzene rings is 1. The highest BCUT2D eigenvalue weighted by Crippen LogP contribution is 2.11. The molecule has 2 unspecified atom stereocenters. The molecule has 0 saturated carbocycles. The van der Waals surface area contributed by atoms with E-state index in [9.17, 15) is 20.0 Å². The highest BCUT2D eigenvalue weighted by atomic mass is 79.9. The topological polar surface area (TPSA) is 80.1 Å². The Balaban J connectivity index is 2.52. The summed E-state index contributed by atoms with van der Waals surface area (Å²) in [5, 5.41) is 21.7. The summed E-state index contributed by atoms with van der Waals surface area (Å²) in [5.41, 5.74) is 0.831. The summed E-state index contributed by atoms with van der Waals surface area (Å²) in [6.07, 6.45) is 0.845. The molecule has 95 valence electrons. The van der Waals surface area contributed by atoms with Crippen molar-refractivity contribution in [3.63, 3.8) is 0 Å². The van der Waals surface area contributed by atoms with Crippen LogP contribution in [-0.4, -0.2) is 21.8 Å². The number of carbonyl (C=O) groups excluding carboxylic acids is 1. The number of nitro groups is 1. The molecule has 0 aliphatic heterocycles. The standard InChI is InChI=1S/C12H11BrNO4/c13-12(14(17)18)11(16)8-10(15)7-6-9-4-2-1-3-5-9/h1-7,11-12H,8H2/b7-6+. The van der Waals surface area contributed by atoms with Gasteiger partial charge in [0.25, 0.3) is 4.95 Å². The van der Waals surface area contributed by atoms with E-state index >= 15 is 0 Å². The fraction of sp³-hybridized carbons (Fsp3) is 0.250. The number of nitrogens with zero attached hydrogens (tertiary/aromatic N) is 1. The van der Waals surface area contributed by atoms with Gasteiger partial charge >= 0.3 is 0 Å². The van der Waals surface area contributed by atoms with Crippen LogP contribution in [0.2, 0.25) is 0 Å². The van der Waals surface area contributed by atoms with Gasteiger partial charge in [0.05, 0.1) is 0 Å². The molecule has 5 nitrogen and oxygen atoms in total. The minimum absolute atomic E-state index is 0.403. The highest BCUT2D eigenvalue weighted by molar-refractivity contribution is 9.09. The van der Waals surface area contributed by atoms with Crippen molar-refractivity contribution in [1.82, 2.24) is 0 Å². The molecule has 0 spiro atoms. The summed E-state index contributed by atoms with van der Waals surface area (Å²) in [6.45, 7) is 0. The van der Waals surface area contributed by atoms with Gasteiger partial charge in [0.1, 0.15) is 0 Å². The number of rotatable bonds is 6. The maximum atomic E-state index is 11.4. The maximum absolute atomic E-state index is 11.4. The first-order valence-corrected chi connectivity index (χ1v) is 6.11. The Morgan fingerprint density at radius 3 is 2.56 bits per heavy atom. The second-order valence-corrected chi connectivity index (χ2v) is 4.55. The summed E-state index contributed by atoms with van der Waals surface area (Å²) < 4.78 is 0. The molecule has 6 heteroatoms. The molecule has 0 heterocycles. The molecule has 0 aromatic heterocycles. The summed E-state index contributed by atoms with van der Waals surface area (Å²) in [4.78, 5) is 19.6. The molecule has 1 aromatic rings. The molecule has 0 amide bonds. The van der Waals surface area contributed by atoms with Crippen LogP contribution >= 0.6 is 15.9 Å². The fourth-order valence-electron chi connectivity index (χ4n) is 1.25. The van der Waals surface area contributed by atoms with Gasteiger partial charge < -0.3 is 0 Å². The lowest BCUT2D eigenvalue weighted by Gasteiger charge is -2.05. The molecule has 18 heavy (non-hydrogen) atoms. The number of allylic oxidation sites excluding steroid dienone is 1. The molecule has 0 aliphatic carbocycles. The van der Waals surface area contributed by atoms with Gasteiger partial charge in [-0.1, -0.05) is 36.4 Å². The SMILES string of the molecule is [O]C(CC(=O)/C=C/c1ccccc1)C(Br)[N+](=O)[O-]. The molecule has 0 aliphatic rings. The van der Waals surface area contributed by atoms with Crippen LogP contribution < -0.4 is 0 Å². The summed E-state index contributed by atoms with van der Waals surface area (Å²) in [5.74, 6) is -0.426. The third-order valence-electron chi connectivity index (χ3n) is 2.17. The van der Waals surface area contributed by atoms with Crippen molar-refractivity contribution in [3.8, 4) is 0 Å². The number of hydrogen-bond donors (Lipinski definition) is 0. The van der Waals surface area contributed by atoms with Crippen molar-refractivity contribution in [3.05, 3.63) is 52.1 Å². The lowest BCUT2D eigenvalue weighted by molar-refractivity contribution is -0.505. The van der Waals surface area contributed by atoms with E-state index in [0.717, 1.165) is 5.56 Å². The Kier molecular flexibility index (Phi) is 5.67. The second kappa shape index (κ2) is 7.03. The van der Waals surface area contributed by atoms with Crippen LogP contribution in [0.1, 0.15) is 12.0 Å². The predicted molar refractivity (Wildman–Crippen MR) is 69.3 cm³/mol. The Morgan fingerprint density at radius 1 is 1.39 bits per heavy atom. The Hall–Kier alpha value is -1.53. The van der Waals surface area contributed by atoms with Crippen LogP contribution in [0.5, 0.6) is 0 Å². The number of halogens is 1. The number of hydrogen-bond acceptors (Lipinski definition) is 3. The predicted octanol–water partition coefficient (Wildman–Crippen LogP) is 2.46. The van der Waals surface area contributed by atoms with Crippen molar-refractivity contribution in [2.24, 2.45) is 0 Å². The van der Waals surface area contributed by atoms with Crippen molar-refractivity contribution in [2.75, 3.05) is 0 Å². The molecule has 0 saturated heterocycles. The minimum Gasteiger partial charge on any atom is -0.295 e. The first-order valence-electron chi connectivity index (χ1n) is 5.20. The van der Waals surface area contributed by atoms with Gasteiger partial charge in [-0.3, -0.25) is 14.9 Å². The van der Waals surface area contributed by atoms with Crippen molar-refractivity contribution < 1.29 is 14.8 Å². The molecule has 0 bridgehead atoms. The average molecular weight is 313 g/mol. The van der Waals surface area contributed by atoms with Crippen molar-refractivity contribution in [1.29, 1.82) is 0 Å². The van der Waals surface area contributed by atoms with Gasteiger partial charge in [-0.25, -0.2) is 5.11 Å². The van der Waals surface area contributed by atoms with Crippen molar-refractivity contribution in [2.45, 2.75) is 17.5 Å². The highest BCUT2D eigenvalue weighted by Gasteiger charge is 2.29. The Labute approximate surface area is 112 Å². The van der Waals surface area contributed by atoms with Crippen molar-refractivity contribution >= 4 is 27.8 Å². The largest absolute Gasteiger partial charge is 0.295 e. The normalized spacial score (nSPS) is 14.3. The summed E-state index contributed by atoms with van der Waals surface area (Å²) in [6, 6.07) is 9.11. The summed E-state index contributed by atoms with van der Waals surface area (Å²) in [7, 11) is 0. The number of ketones is 1. The van der Waals surface area contributed by atoms with E-state index in [1.807, 2.05) is 30.3 Å². The number of carbonyl (C=O) groups is 1. The average Bonchev–Trinajstić information content (AvgIpc) is 2.36. The monoisotopic (exact) mass is 312 g/mol. The van der Waals surface area contributed by atoms with E-state index in [-0.39, 0.29) is 0 Å². The zero-order valence-corrected chi connectivity index (χ0v) is 10.9. The second-order valence-electron chi connectivity index (χ2n) is 3.61. The quantitative estimate of drug-likeness (QED) is 0.266.